The first kappa shape index (κ1) is 19.9. The number of aromatic amines is 1. The minimum absolute atomic E-state index is 0.0432. The SMILES string of the molecule is COc1ccc2[nH]cc(CCNC(=O)CCCCC3SCC4NC(=O)NC43)c2c1. The van der Waals surface area contributed by atoms with Crippen molar-refractivity contribution in [3.05, 3.63) is 30.0 Å². The predicted octanol–water partition coefficient (Wildman–Crippen LogP) is 2.56. The van der Waals surface area contributed by atoms with Crippen molar-refractivity contribution in [3.63, 3.8) is 0 Å². The Kier molecular flexibility index (Phi) is 6.18. The Morgan fingerprint density at radius 3 is 3.07 bits per heavy atom. The molecule has 7 nitrogen and oxygen atoms in total. The van der Waals surface area contributed by atoms with Crippen molar-refractivity contribution in [3.8, 4) is 5.75 Å². The van der Waals surface area contributed by atoms with Crippen LogP contribution in [-0.4, -0.2) is 53.7 Å². The number of H-pyrrole nitrogens is 1. The van der Waals surface area contributed by atoms with E-state index in [0.29, 0.717) is 18.2 Å². The smallest absolute Gasteiger partial charge is 0.315 e. The number of amides is 3. The van der Waals surface area contributed by atoms with Gasteiger partial charge in [0.2, 0.25) is 5.91 Å². The molecule has 0 aliphatic carbocycles. The van der Waals surface area contributed by atoms with Gasteiger partial charge >= 0.3 is 6.03 Å². The first-order chi connectivity index (χ1) is 14.1. The molecule has 0 bridgehead atoms. The van der Waals surface area contributed by atoms with Crippen LogP contribution < -0.4 is 20.7 Å². The van der Waals surface area contributed by atoms with Crippen LogP contribution >= 0.6 is 11.8 Å². The minimum atomic E-state index is -0.0432. The molecule has 2 saturated heterocycles. The normalized spacial score (nSPS) is 22.9. The Hall–Kier alpha value is -2.35. The summed E-state index contributed by atoms with van der Waals surface area (Å²) in [7, 11) is 1.66. The molecule has 0 radical (unpaired) electrons. The Balaban J connectivity index is 1.14. The third-order valence-electron chi connectivity index (χ3n) is 5.77. The fraction of sp³-hybridized carbons (Fsp3) is 0.524. The quantitative estimate of drug-likeness (QED) is 0.373. The molecule has 2 aromatic rings. The molecule has 2 aliphatic heterocycles. The first-order valence-electron chi connectivity index (χ1n) is 10.2. The summed E-state index contributed by atoms with van der Waals surface area (Å²) in [4.78, 5) is 26.8. The van der Waals surface area contributed by atoms with Crippen molar-refractivity contribution in [2.75, 3.05) is 19.4 Å². The van der Waals surface area contributed by atoms with Crippen LogP contribution in [0.3, 0.4) is 0 Å². The number of ether oxygens (including phenoxy) is 1. The second-order valence-corrected chi connectivity index (χ2v) is 8.97. The third kappa shape index (κ3) is 4.63. The second-order valence-electron chi connectivity index (χ2n) is 7.69. The highest BCUT2D eigenvalue weighted by molar-refractivity contribution is 8.00. The fourth-order valence-corrected chi connectivity index (χ4v) is 5.73. The van der Waals surface area contributed by atoms with E-state index in [1.165, 1.54) is 5.56 Å². The molecule has 156 valence electrons. The Morgan fingerprint density at radius 1 is 1.31 bits per heavy atom. The average molecular weight is 417 g/mol. The molecule has 4 N–H and O–H groups in total. The number of fused-ring (bicyclic) bond motifs is 2. The zero-order chi connectivity index (χ0) is 20.2. The molecule has 3 atom stereocenters. The number of hydrogen-bond acceptors (Lipinski definition) is 4. The summed E-state index contributed by atoms with van der Waals surface area (Å²) in [6.07, 6.45) is 6.27. The topological polar surface area (TPSA) is 95.2 Å². The first-order valence-corrected chi connectivity index (χ1v) is 11.3. The van der Waals surface area contributed by atoms with E-state index in [9.17, 15) is 9.59 Å². The van der Waals surface area contributed by atoms with Gasteiger partial charge in [-0.15, -0.1) is 0 Å². The predicted molar refractivity (Wildman–Crippen MR) is 116 cm³/mol. The number of carbonyl (C=O) groups is 2. The van der Waals surface area contributed by atoms with Gasteiger partial charge in [-0.3, -0.25) is 4.79 Å². The van der Waals surface area contributed by atoms with E-state index in [1.807, 2.05) is 36.2 Å². The summed E-state index contributed by atoms with van der Waals surface area (Å²) >= 11 is 1.92. The van der Waals surface area contributed by atoms with Crippen molar-refractivity contribution in [1.82, 2.24) is 20.9 Å². The van der Waals surface area contributed by atoms with Crippen LogP contribution in [0.15, 0.2) is 24.4 Å². The van der Waals surface area contributed by atoms with E-state index in [4.69, 9.17) is 4.74 Å². The van der Waals surface area contributed by atoms with Crippen LogP contribution in [-0.2, 0) is 11.2 Å². The van der Waals surface area contributed by atoms with Gasteiger partial charge in [-0.05, 0) is 43.0 Å². The Labute approximate surface area is 174 Å². The second kappa shape index (κ2) is 8.98. The molecule has 29 heavy (non-hydrogen) atoms. The highest BCUT2D eigenvalue weighted by Crippen LogP contribution is 2.33. The van der Waals surface area contributed by atoms with Gasteiger partial charge in [0.1, 0.15) is 5.75 Å². The van der Waals surface area contributed by atoms with E-state index in [1.54, 1.807) is 7.11 Å². The maximum atomic E-state index is 12.1. The molecule has 8 heteroatoms. The van der Waals surface area contributed by atoms with Gasteiger partial charge in [0, 0.05) is 41.1 Å². The monoisotopic (exact) mass is 416 g/mol. The molecule has 3 unspecified atom stereocenters. The Bertz CT molecular complexity index is 884. The molecule has 0 spiro atoms. The van der Waals surface area contributed by atoms with Crippen molar-refractivity contribution in [2.24, 2.45) is 0 Å². The lowest BCUT2D eigenvalue weighted by molar-refractivity contribution is -0.121. The van der Waals surface area contributed by atoms with Crippen LogP contribution in [0.25, 0.3) is 10.9 Å². The zero-order valence-corrected chi connectivity index (χ0v) is 17.4. The zero-order valence-electron chi connectivity index (χ0n) is 16.6. The molecule has 1 aromatic heterocycles. The molecule has 1 aromatic carbocycles. The lowest BCUT2D eigenvalue weighted by Crippen LogP contribution is -2.36. The van der Waals surface area contributed by atoms with Gasteiger partial charge in [-0.25, -0.2) is 4.79 Å². The summed E-state index contributed by atoms with van der Waals surface area (Å²) in [5.41, 5.74) is 2.26. The Morgan fingerprint density at radius 2 is 2.21 bits per heavy atom. The lowest BCUT2D eigenvalue weighted by atomic mass is 10.0. The van der Waals surface area contributed by atoms with E-state index in [2.05, 4.69) is 20.9 Å². The minimum Gasteiger partial charge on any atom is -0.497 e. The van der Waals surface area contributed by atoms with Gasteiger partial charge in [0.05, 0.1) is 19.2 Å². The average Bonchev–Trinajstić information content (AvgIpc) is 3.39. The van der Waals surface area contributed by atoms with Crippen LogP contribution in [0.2, 0.25) is 0 Å². The maximum Gasteiger partial charge on any atom is 0.315 e. The highest BCUT2D eigenvalue weighted by Gasteiger charge is 2.42. The number of aromatic nitrogens is 1. The van der Waals surface area contributed by atoms with Crippen LogP contribution in [0.1, 0.15) is 31.2 Å². The van der Waals surface area contributed by atoms with Crippen molar-refractivity contribution < 1.29 is 14.3 Å². The number of nitrogens with one attached hydrogen (secondary N) is 4. The number of unbranched alkanes of at least 4 members (excludes halogenated alkanes) is 1. The summed E-state index contributed by atoms with van der Waals surface area (Å²) in [6, 6.07) is 6.44. The molecule has 3 amide bonds. The fourth-order valence-electron chi connectivity index (χ4n) is 4.19. The van der Waals surface area contributed by atoms with E-state index in [-0.39, 0.29) is 24.0 Å². The molecular formula is C21H28N4O3S. The van der Waals surface area contributed by atoms with E-state index < -0.39 is 0 Å². The number of benzene rings is 1. The van der Waals surface area contributed by atoms with Gasteiger partial charge in [0.15, 0.2) is 0 Å². The molecule has 2 aliphatic rings. The lowest BCUT2D eigenvalue weighted by Gasteiger charge is -2.16. The van der Waals surface area contributed by atoms with E-state index >= 15 is 0 Å². The van der Waals surface area contributed by atoms with Gasteiger partial charge in [0.25, 0.3) is 0 Å². The van der Waals surface area contributed by atoms with E-state index in [0.717, 1.165) is 48.1 Å². The number of rotatable bonds is 9. The molecule has 3 heterocycles. The van der Waals surface area contributed by atoms with Gasteiger partial charge in [-0.1, -0.05) is 6.42 Å². The number of urea groups is 1. The molecule has 2 fully saturated rings. The maximum absolute atomic E-state index is 12.1. The summed E-state index contributed by atoms with van der Waals surface area (Å²) in [6.45, 7) is 0.628. The number of carbonyl (C=O) groups excluding carboxylic acids is 2. The number of thioether (sulfide) groups is 1. The van der Waals surface area contributed by atoms with Gasteiger partial charge < -0.3 is 25.7 Å². The van der Waals surface area contributed by atoms with Crippen molar-refractivity contribution in [2.45, 2.75) is 49.4 Å². The molecule has 4 rings (SSSR count). The standard InChI is InChI=1S/C21H28N4O3S/c1-28-14-6-7-16-15(10-14)13(11-23-16)8-9-22-19(26)5-3-2-4-18-20-17(12-29-18)24-21(27)25-20/h6-7,10-11,17-18,20,23H,2-5,8-9,12H2,1H3,(H,22,26)(H2,24,25,27). The van der Waals surface area contributed by atoms with Crippen molar-refractivity contribution in [1.29, 1.82) is 0 Å². The number of hydrogen-bond donors (Lipinski definition) is 4. The highest BCUT2D eigenvalue weighted by atomic mass is 32.2. The molecule has 0 saturated carbocycles. The van der Waals surface area contributed by atoms with Crippen LogP contribution in [0.4, 0.5) is 4.79 Å². The van der Waals surface area contributed by atoms with Crippen LogP contribution in [0.5, 0.6) is 5.75 Å². The number of methoxy groups -OCH3 is 1. The van der Waals surface area contributed by atoms with Crippen LogP contribution in [0, 0.1) is 0 Å². The molecular weight excluding hydrogens is 388 g/mol. The van der Waals surface area contributed by atoms with Gasteiger partial charge in [-0.2, -0.15) is 11.8 Å². The third-order valence-corrected chi connectivity index (χ3v) is 7.28. The summed E-state index contributed by atoms with van der Waals surface area (Å²) in [5.74, 6) is 1.92. The summed E-state index contributed by atoms with van der Waals surface area (Å²) in [5, 5.41) is 10.6. The van der Waals surface area contributed by atoms with Crippen molar-refractivity contribution >= 4 is 34.6 Å². The summed E-state index contributed by atoms with van der Waals surface area (Å²) < 4.78 is 5.30. The largest absolute Gasteiger partial charge is 0.497 e.